The minimum absolute atomic E-state index is 0.113. The van der Waals surface area contributed by atoms with Gasteiger partial charge in [0.05, 0.1) is 98.9 Å². The van der Waals surface area contributed by atoms with Crippen molar-refractivity contribution < 1.29 is 38.2 Å². The van der Waals surface area contributed by atoms with Gasteiger partial charge in [0.2, 0.25) is 11.8 Å². The van der Waals surface area contributed by atoms with Crippen LogP contribution in [0.4, 0.5) is 14.4 Å². The highest BCUT2D eigenvalue weighted by atomic mass is 16.6. The first-order chi connectivity index (χ1) is 50.7. The van der Waals surface area contributed by atoms with Gasteiger partial charge < -0.3 is 54.6 Å². The van der Waals surface area contributed by atoms with Crippen LogP contribution in [0.1, 0.15) is 160 Å². The molecule has 9 heterocycles. The van der Waals surface area contributed by atoms with Gasteiger partial charge in [0, 0.05) is 47.5 Å². The Hall–Kier alpha value is -11.2. The number of pyridine rings is 2. The second-order valence-electron chi connectivity index (χ2n) is 30.0. The molecule has 540 valence electrons. The van der Waals surface area contributed by atoms with Crippen molar-refractivity contribution in [2.24, 2.45) is 11.8 Å². The number of H-pyrrole nitrogens is 4. The molecule has 3 saturated heterocycles. The van der Waals surface area contributed by atoms with Crippen molar-refractivity contribution in [3.05, 3.63) is 157 Å². The lowest BCUT2D eigenvalue weighted by molar-refractivity contribution is -0.136. The van der Waals surface area contributed by atoms with Gasteiger partial charge in [0.1, 0.15) is 41.0 Å². The lowest BCUT2D eigenvalue weighted by Gasteiger charge is -2.29. The van der Waals surface area contributed by atoms with Gasteiger partial charge in [-0.1, -0.05) is 89.1 Å². The van der Waals surface area contributed by atoms with Crippen LogP contribution in [0.5, 0.6) is 0 Å². The molecule has 0 spiro atoms. The number of benzene rings is 6. The number of hydrogen-bond donors (Lipinski definition) is 6. The summed E-state index contributed by atoms with van der Waals surface area (Å²) in [5.41, 5.74) is 16.6. The molecule has 12 aromatic rings. The number of nitrogens with one attached hydrogen (secondary N) is 6. The number of aromatic nitrogens is 10. The second kappa shape index (κ2) is 28.8. The number of rotatable bonds is 14. The monoisotopic (exact) mass is 1410 g/mol. The van der Waals surface area contributed by atoms with Crippen LogP contribution in [0.25, 0.3) is 111 Å². The molecular formula is C82H89N15O8. The van der Waals surface area contributed by atoms with E-state index in [-0.39, 0.29) is 47.9 Å². The molecule has 5 atom stereocenters. The van der Waals surface area contributed by atoms with Crippen LogP contribution in [0.2, 0.25) is 0 Å². The highest BCUT2D eigenvalue weighted by Gasteiger charge is 2.40. The van der Waals surface area contributed by atoms with Crippen LogP contribution in [-0.4, -0.2) is 146 Å². The van der Waals surface area contributed by atoms with Crippen molar-refractivity contribution in [2.45, 2.75) is 154 Å². The lowest BCUT2D eigenvalue weighted by atomic mass is 10.0. The van der Waals surface area contributed by atoms with E-state index in [1.165, 1.54) is 45.5 Å². The molecule has 6 N–H and O–H groups in total. The number of amides is 5. The molecule has 0 radical (unpaired) electrons. The Kier molecular flexibility index (Phi) is 19.0. The lowest BCUT2D eigenvalue weighted by Crippen LogP contribution is -2.51. The molecule has 1 saturated carbocycles. The van der Waals surface area contributed by atoms with Crippen LogP contribution in [-0.2, 0) is 23.8 Å². The maximum absolute atomic E-state index is 13.7. The summed E-state index contributed by atoms with van der Waals surface area (Å²) in [6.07, 6.45) is 8.54. The standard InChI is InChI=1S/C45H51N9O6.C37H38N6O2/c1-24(2)38(51-44(57)59-5)42(55)53-19-7-9-36(53)40-47-32-17-12-27(22-34(32)49-40)26-11-15-30-28(21-26)13-16-31(46-30)29-14-18-33-35(23-29)50-41(48-33)37-10-8-20-54(37)43(56)39(25(3)4)52-45(58)60-6;1-37(2,3)45-36(44)43-18-6-9-33(43)35-40-30-17-13-26(21-32(30)42-35)28-15-12-25-19-23(10-14-27(25)38-28)24-11-16-29-31(20-24)41-34(39-29)22-7-4-5-8-22/h11-18,21-25,36-39H,7-10,19-20H2,1-6H3,(H,47,49)(H,48,50)(H,51,57)(H,52,58);10-17,19-22,33H,4-9,18H2,1-3H3,(H,39,41)(H,40,42)/t36-,37-,38-,39-;/m0./s1. The number of imidazole rings is 4. The highest BCUT2D eigenvalue weighted by molar-refractivity contribution is 5.93. The first-order valence-corrected chi connectivity index (χ1v) is 36.8. The van der Waals surface area contributed by atoms with Crippen molar-refractivity contribution in [3.8, 4) is 44.8 Å². The largest absolute Gasteiger partial charge is 0.453 e. The number of methoxy groups -OCH3 is 2. The molecule has 0 bridgehead atoms. The number of aromatic amines is 4. The Morgan fingerprint density at radius 1 is 0.410 bits per heavy atom. The number of nitrogens with zero attached hydrogens (tertiary/aromatic N) is 9. The number of fused-ring (bicyclic) bond motifs is 6. The third-order valence-electron chi connectivity index (χ3n) is 21.1. The Balaban J connectivity index is 0.000000175. The molecule has 23 nitrogen and oxygen atoms in total. The van der Waals surface area contributed by atoms with Crippen LogP contribution in [0.15, 0.2) is 133 Å². The number of ether oxygens (including phenoxy) is 3. The SMILES string of the molecule is CC(C)(C)OC(=O)N1CCCC1c1nc2ccc(-c3ccc4cc(-c5ccc6nc(C7CCCC7)[nH]c6c5)ccc4n3)cc2[nH]1.COC(=O)N[C@H](C(=O)N1CCC[C@H]1c1nc2ccc(-c3ccc4nc(-c5ccc6nc([C@@H]7CCCN7C(=O)[C@@H](NC(=O)OC)C(C)C)[nH]c6c5)ccc4c3)cc2[nH]1)C(C)C. The summed E-state index contributed by atoms with van der Waals surface area (Å²) < 4.78 is 15.2. The van der Waals surface area contributed by atoms with E-state index in [1.807, 2.05) is 101 Å². The van der Waals surface area contributed by atoms with Crippen molar-refractivity contribution >= 4 is 96.0 Å². The molecule has 16 rings (SSSR count). The number of alkyl carbamates (subject to hydrolysis) is 2. The fourth-order valence-electron chi connectivity index (χ4n) is 15.6. The Morgan fingerprint density at radius 3 is 1.14 bits per heavy atom. The van der Waals surface area contributed by atoms with Gasteiger partial charge in [0.25, 0.3) is 0 Å². The first kappa shape index (κ1) is 69.5. The molecule has 1 aliphatic carbocycles. The third kappa shape index (κ3) is 14.4. The van der Waals surface area contributed by atoms with E-state index < -0.39 is 29.9 Å². The summed E-state index contributed by atoms with van der Waals surface area (Å²) in [5, 5.41) is 7.51. The summed E-state index contributed by atoms with van der Waals surface area (Å²) in [5.74, 6) is 3.44. The highest BCUT2D eigenvalue weighted by Crippen LogP contribution is 2.40. The van der Waals surface area contributed by atoms with Gasteiger partial charge in [-0.2, -0.15) is 0 Å². The van der Waals surface area contributed by atoms with Gasteiger partial charge in [-0.25, -0.2) is 44.3 Å². The topological polar surface area (TPSA) is 287 Å². The fourth-order valence-corrected chi connectivity index (χ4v) is 15.6. The fraction of sp³-hybridized carbons (Fsp3) is 0.378. The van der Waals surface area contributed by atoms with E-state index in [0.29, 0.717) is 25.6 Å². The van der Waals surface area contributed by atoms with Gasteiger partial charge in [-0.15, -0.1) is 0 Å². The molecular weight excluding hydrogens is 1320 g/mol. The molecule has 4 fully saturated rings. The average molecular weight is 1410 g/mol. The minimum atomic E-state index is -0.700. The van der Waals surface area contributed by atoms with E-state index in [2.05, 4.69) is 122 Å². The number of hydrogen-bond acceptors (Lipinski definition) is 14. The van der Waals surface area contributed by atoms with Gasteiger partial charge in [-0.3, -0.25) is 14.5 Å². The van der Waals surface area contributed by atoms with Crippen LogP contribution >= 0.6 is 0 Å². The first-order valence-electron chi connectivity index (χ1n) is 36.8. The van der Waals surface area contributed by atoms with E-state index in [9.17, 15) is 24.0 Å². The Labute approximate surface area is 608 Å². The van der Waals surface area contributed by atoms with Gasteiger partial charge in [-0.05, 0) is 191 Å². The molecule has 4 aliphatic rings. The number of carbonyl (C=O) groups is 5. The zero-order chi connectivity index (χ0) is 72.9. The summed E-state index contributed by atoms with van der Waals surface area (Å²) >= 11 is 0. The quantitative estimate of drug-likeness (QED) is 0.0552. The van der Waals surface area contributed by atoms with Gasteiger partial charge >= 0.3 is 18.3 Å². The van der Waals surface area contributed by atoms with Gasteiger partial charge in [0.15, 0.2) is 0 Å². The zero-order valence-corrected chi connectivity index (χ0v) is 60.8. The maximum atomic E-state index is 13.7. The molecule has 1 unspecified atom stereocenters. The van der Waals surface area contributed by atoms with Crippen LogP contribution in [0.3, 0.4) is 0 Å². The molecule has 3 aliphatic heterocycles. The van der Waals surface area contributed by atoms with Crippen molar-refractivity contribution in [1.82, 2.24) is 75.2 Å². The number of carbonyl (C=O) groups excluding carboxylic acids is 5. The average Bonchev–Trinajstić information content (AvgIpc) is 1.67. The molecule has 23 heteroatoms. The normalized spacial score (nSPS) is 17.7. The summed E-state index contributed by atoms with van der Waals surface area (Å²) in [4.78, 5) is 113. The van der Waals surface area contributed by atoms with E-state index >= 15 is 0 Å². The minimum Gasteiger partial charge on any atom is -0.453 e. The summed E-state index contributed by atoms with van der Waals surface area (Å²) in [6.45, 7) is 15.1. The third-order valence-corrected chi connectivity index (χ3v) is 21.1. The predicted octanol–water partition coefficient (Wildman–Crippen LogP) is 16.5. The smallest absolute Gasteiger partial charge is 0.410 e. The van der Waals surface area contributed by atoms with Crippen molar-refractivity contribution in [3.63, 3.8) is 0 Å². The van der Waals surface area contributed by atoms with Crippen LogP contribution < -0.4 is 10.6 Å². The van der Waals surface area contributed by atoms with Crippen LogP contribution in [0, 0.1) is 11.8 Å². The summed E-state index contributed by atoms with van der Waals surface area (Å²) in [6, 6.07) is 43.9. The molecule has 5 amide bonds. The maximum Gasteiger partial charge on any atom is 0.410 e. The molecule has 6 aromatic heterocycles. The van der Waals surface area contributed by atoms with E-state index in [1.54, 1.807) is 4.90 Å². The predicted molar refractivity (Wildman–Crippen MR) is 406 cm³/mol. The molecule has 6 aromatic carbocycles. The number of likely N-dealkylation sites (tertiary alicyclic amines) is 3. The second-order valence-corrected chi connectivity index (χ2v) is 30.0. The molecule has 105 heavy (non-hydrogen) atoms. The summed E-state index contributed by atoms with van der Waals surface area (Å²) in [7, 11) is 2.58. The Morgan fingerprint density at radius 2 is 0.752 bits per heavy atom. The van der Waals surface area contributed by atoms with Crippen molar-refractivity contribution in [1.29, 1.82) is 0 Å². The van der Waals surface area contributed by atoms with E-state index in [0.717, 1.165) is 167 Å². The van der Waals surface area contributed by atoms with E-state index in [4.69, 9.17) is 44.1 Å². The van der Waals surface area contributed by atoms with Crippen molar-refractivity contribution in [2.75, 3.05) is 33.9 Å². The Bertz CT molecular complexity index is 5130. The zero-order valence-electron chi connectivity index (χ0n) is 60.8.